The summed E-state index contributed by atoms with van der Waals surface area (Å²) in [6.45, 7) is 2.35. The number of para-hydroxylation sites is 1. The van der Waals surface area contributed by atoms with Gasteiger partial charge in [0.2, 0.25) is 0 Å². The predicted octanol–water partition coefficient (Wildman–Crippen LogP) is 3.72. The average Bonchev–Trinajstić information content (AvgIpc) is 3.29. The Morgan fingerprint density at radius 1 is 1.39 bits per heavy atom. The molecule has 1 saturated carbocycles. The summed E-state index contributed by atoms with van der Waals surface area (Å²) < 4.78 is 39.0. The Morgan fingerprint density at radius 3 is 2.61 bits per heavy atom. The van der Waals surface area contributed by atoms with Crippen molar-refractivity contribution in [2.45, 2.75) is 38.4 Å². The molecule has 0 aromatic heterocycles. The van der Waals surface area contributed by atoms with Crippen molar-refractivity contribution in [3.8, 4) is 0 Å². The molecule has 23 heavy (non-hydrogen) atoms. The van der Waals surface area contributed by atoms with E-state index in [1.54, 1.807) is 4.90 Å². The molecule has 1 unspecified atom stereocenters. The number of hydrogen-bond acceptors (Lipinski definition) is 2. The van der Waals surface area contributed by atoms with Crippen LogP contribution in [0.25, 0.3) is 0 Å². The first-order valence-corrected chi connectivity index (χ1v) is 7.67. The van der Waals surface area contributed by atoms with Gasteiger partial charge in [-0.3, -0.25) is 0 Å². The quantitative estimate of drug-likeness (QED) is 0.835. The minimum atomic E-state index is -4.52. The molecule has 2 amide bonds. The summed E-state index contributed by atoms with van der Waals surface area (Å²) in [5.74, 6) is 0.0872. The molecule has 1 aromatic carbocycles. The molecule has 4 nitrogen and oxygen atoms in total. The van der Waals surface area contributed by atoms with Crippen LogP contribution >= 0.6 is 0 Å². The molecule has 1 fully saturated rings. The summed E-state index contributed by atoms with van der Waals surface area (Å²) in [6.07, 6.45) is -2.24. The predicted molar refractivity (Wildman–Crippen MR) is 81.1 cm³/mol. The van der Waals surface area contributed by atoms with Gasteiger partial charge in [-0.2, -0.15) is 13.2 Å². The maximum absolute atomic E-state index is 13.0. The SMILES string of the molecule is CC(CCO)CN(C(=O)Nc1ccccc1C(F)(F)F)C1CC1. The topological polar surface area (TPSA) is 52.6 Å². The Labute approximate surface area is 133 Å². The lowest BCUT2D eigenvalue weighted by Crippen LogP contribution is -2.40. The fourth-order valence-corrected chi connectivity index (χ4v) is 2.46. The molecule has 1 aliphatic rings. The summed E-state index contributed by atoms with van der Waals surface area (Å²) in [6, 6.07) is 4.51. The highest BCUT2D eigenvalue weighted by atomic mass is 19.4. The van der Waals surface area contributed by atoms with E-state index in [9.17, 15) is 18.0 Å². The fourth-order valence-electron chi connectivity index (χ4n) is 2.46. The van der Waals surface area contributed by atoms with E-state index in [-0.39, 0.29) is 24.3 Å². The molecule has 1 atom stereocenters. The fraction of sp³-hybridized carbons (Fsp3) is 0.562. The van der Waals surface area contributed by atoms with Crippen molar-refractivity contribution in [3.63, 3.8) is 0 Å². The number of rotatable bonds is 6. The third kappa shape index (κ3) is 4.86. The molecule has 128 valence electrons. The molecule has 0 bridgehead atoms. The van der Waals surface area contributed by atoms with Crippen molar-refractivity contribution in [1.29, 1.82) is 0 Å². The summed E-state index contributed by atoms with van der Waals surface area (Å²) in [5.41, 5.74) is -1.09. The molecule has 1 aromatic rings. The number of carbonyl (C=O) groups is 1. The van der Waals surface area contributed by atoms with Gasteiger partial charge in [0.05, 0.1) is 11.3 Å². The van der Waals surface area contributed by atoms with E-state index < -0.39 is 17.8 Å². The van der Waals surface area contributed by atoms with Crippen molar-refractivity contribution in [2.24, 2.45) is 5.92 Å². The van der Waals surface area contributed by atoms with Gasteiger partial charge in [-0.15, -0.1) is 0 Å². The molecule has 2 N–H and O–H groups in total. The van der Waals surface area contributed by atoms with Crippen LogP contribution in [0.15, 0.2) is 24.3 Å². The first-order chi connectivity index (χ1) is 10.8. The number of hydrogen-bond donors (Lipinski definition) is 2. The highest BCUT2D eigenvalue weighted by molar-refractivity contribution is 5.90. The Hall–Kier alpha value is -1.76. The lowest BCUT2D eigenvalue weighted by Gasteiger charge is -2.26. The largest absolute Gasteiger partial charge is 0.418 e. The molecule has 2 rings (SSSR count). The van der Waals surface area contributed by atoms with Gasteiger partial charge in [0, 0.05) is 19.2 Å². The van der Waals surface area contributed by atoms with Crippen molar-refractivity contribution in [1.82, 2.24) is 4.90 Å². The number of nitrogens with zero attached hydrogens (tertiary/aromatic N) is 1. The molecule has 0 spiro atoms. The Bertz CT molecular complexity index is 544. The number of amides is 2. The van der Waals surface area contributed by atoms with Crippen LogP contribution in [0.2, 0.25) is 0 Å². The van der Waals surface area contributed by atoms with Crippen molar-refractivity contribution in [2.75, 3.05) is 18.5 Å². The number of urea groups is 1. The number of anilines is 1. The zero-order valence-corrected chi connectivity index (χ0v) is 12.9. The number of aliphatic hydroxyl groups excluding tert-OH is 1. The minimum Gasteiger partial charge on any atom is -0.396 e. The monoisotopic (exact) mass is 330 g/mol. The Morgan fingerprint density at radius 2 is 2.04 bits per heavy atom. The second kappa shape index (κ2) is 7.21. The molecular weight excluding hydrogens is 309 g/mol. The van der Waals surface area contributed by atoms with Gasteiger partial charge in [-0.05, 0) is 37.3 Å². The minimum absolute atomic E-state index is 0.0260. The molecule has 0 radical (unpaired) electrons. The van der Waals surface area contributed by atoms with Gasteiger partial charge in [0.1, 0.15) is 0 Å². The van der Waals surface area contributed by atoms with E-state index in [2.05, 4.69) is 5.32 Å². The van der Waals surface area contributed by atoms with Gasteiger partial charge < -0.3 is 15.3 Å². The highest BCUT2D eigenvalue weighted by Crippen LogP contribution is 2.35. The number of nitrogens with one attached hydrogen (secondary N) is 1. The standard InChI is InChI=1S/C16H21F3N2O2/c1-11(8-9-22)10-21(12-6-7-12)15(23)20-14-5-3-2-4-13(14)16(17,18)19/h2-5,11-12,22H,6-10H2,1H3,(H,20,23). The van der Waals surface area contributed by atoms with Crippen LogP contribution in [0, 0.1) is 5.92 Å². The van der Waals surface area contributed by atoms with Crippen molar-refractivity contribution >= 4 is 11.7 Å². The van der Waals surface area contributed by atoms with Gasteiger partial charge in [-0.25, -0.2) is 4.79 Å². The van der Waals surface area contributed by atoms with Crippen LogP contribution < -0.4 is 5.32 Å². The van der Waals surface area contributed by atoms with Gasteiger partial charge in [0.15, 0.2) is 0 Å². The average molecular weight is 330 g/mol. The number of alkyl halides is 3. The third-order valence-electron chi connectivity index (χ3n) is 3.85. The number of benzene rings is 1. The van der Waals surface area contributed by atoms with Crippen LogP contribution in [-0.2, 0) is 6.18 Å². The maximum atomic E-state index is 13.0. The maximum Gasteiger partial charge on any atom is 0.418 e. The summed E-state index contributed by atoms with van der Waals surface area (Å²) in [7, 11) is 0. The second-order valence-electron chi connectivity index (χ2n) is 5.97. The first-order valence-electron chi connectivity index (χ1n) is 7.67. The number of carbonyl (C=O) groups excluding carboxylic acids is 1. The lowest BCUT2D eigenvalue weighted by atomic mass is 10.1. The lowest BCUT2D eigenvalue weighted by molar-refractivity contribution is -0.136. The van der Waals surface area contributed by atoms with Gasteiger partial charge in [-0.1, -0.05) is 19.1 Å². The number of aliphatic hydroxyl groups is 1. The molecule has 0 saturated heterocycles. The van der Waals surface area contributed by atoms with Gasteiger partial charge in [0.25, 0.3) is 0 Å². The zero-order valence-electron chi connectivity index (χ0n) is 12.9. The smallest absolute Gasteiger partial charge is 0.396 e. The summed E-state index contributed by atoms with van der Waals surface area (Å²) >= 11 is 0. The van der Waals surface area contributed by atoms with Crippen molar-refractivity contribution in [3.05, 3.63) is 29.8 Å². The van der Waals surface area contributed by atoms with E-state index in [4.69, 9.17) is 5.11 Å². The molecule has 0 heterocycles. The molecule has 1 aliphatic carbocycles. The van der Waals surface area contributed by atoms with E-state index >= 15 is 0 Å². The van der Waals surface area contributed by atoms with Crippen LogP contribution in [-0.4, -0.2) is 35.2 Å². The Balaban J connectivity index is 2.10. The summed E-state index contributed by atoms with van der Waals surface area (Å²) in [4.78, 5) is 14.0. The second-order valence-corrected chi connectivity index (χ2v) is 5.97. The first kappa shape index (κ1) is 17.6. The highest BCUT2D eigenvalue weighted by Gasteiger charge is 2.36. The van der Waals surface area contributed by atoms with Crippen LogP contribution in [0.1, 0.15) is 31.7 Å². The van der Waals surface area contributed by atoms with E-state index in [1.165, 1.54) is 18.2 Å². The zero-order chi connectivity index (χ0) is 17.0. The molecule has 0 aliphatic heterocycles. The molecule has 7 heteroatoms. The van der Waals surface area contributed by atoms with E-state index in [0.29, 0.717) is 13.0 Å². The normalized spacial score (nSPS) is 16.0. The van der Waals surface area contributed by atoms with Crippen LogP contribution in [0.3, 0.4) is 0 Å². The van der Waals surface area contributed by atoms with Gasteiger partial charge >= 0.3 is 12.2 Å². The van der Waals surface area contributed by atoms with E-state index in [1.807, 2.05) is 6.92 Å². The van der Waals surface area contributed by atoms with Crippen molar-refractivity contribution < 1.29 is 23.1 Å². The number of halogens is 3. The Kier molecular flexibility index (Phi) is 5.51. The van der Waals surface area contributed by atoms with E-state index in [0.717, 1.165) is 18.9 Å². The summed E-state index contributed by atoms with van der Waals surface area (Å²) in [5, 5.41) is 11.3. The third-order valence-corrected chi connectivity index (χ3v) is 3.85. The van der Waals surface area contributed by atoms with Crippen LogP contribution in [0.5, 0.6) is 0 Å². The molecular formula is C16H21F3N2O2. The van der Waals surface area contributed by atoms with Crippen LogP contribution in [0.4, 0.5) is 23.7 Å².